The first kappa shape index (κ1) is 19.4. The molecule has 0 bridgehead atoms. The Balaban J connectivity index is 1.58. The van der Waals surface area contributed by atoms with Gasteiger partial charge in [0, 0.05) is 13.3 Å². The van der Waals surface area contributed by atoms with Gasteiger partial charge in [-0.1, -0.05) is 24.6 Å². The molecule has 1 aromatic carbocycles. The summed E-state index contributed by atoms with van der Waals surface area (Å²) in [5.74, 6) is -2.04. The normalized spacial score (nSPS) is 24.2. The molecular weight excluding hydrogens is 374 g/mol. The third-order valence-corrected chi connectivity index (χ3v) is 6.27. The fraction of sp³-hybridized carbons (Fsp3) is 0.524. The van der Waals surface area contributed by atoms with Crippen molar-refractivity contribution in [1.82, 2.24) is 10.6 Å². The Morgan fingerprint density at radius 1 is 1.17 bits per heavy atom. The van der Waals surface area contributed by atoms with Gasteiger partial charge >= 0.3 is 5.97 Å². The Morgan fingerprint density at radius 2 is 1.90 bits per heavy atom. The van der Waals surface area contributed by atoms with E-state index in [2.05, 4.69) is 10.6 Å². The molecule has 3 amide bonds. The molecule has 3 N–H and O–H groups in total. The molecule has 0 aromatic heterocycles. The molecule has 1 aliphatic carbocycles. The number of carboxylic acid groups (broad SMARTS) is 1. The number of aliphatic carboxylic acids is 1. The van der Waals surface area contributed by atoms with E-state index in [0.29, 0.717) is 18.5 Å². The lowest BCUT2D eigenvalue weighted by atomic mass is 9.79. The molecule has 3 atom stereocenters. The van der Waals surface area contributed by atoms with Crippen molar-refractivity contribution < 1.29 is 24.3 Å². The third kappa shape index (κ3) is 3.47. The van der Waals surface area contributed by atoms with Crippen molar-refractivity contribution in [2.24, 2.45) is 5.92 Å². The fourth-order valence-electron chi connectivity index (χ4n) is 4.61. The van der Waals surface area contributed by atoms with Crippen LogP contribution < -0.4 is 15.5 Å². The van der Waals surface area contributed by atoms with Gasteiger partial charge in [0.25, 0.3) is 0 Å². The summed E-state index contributed by atoms with van der Waals surface area (Å²) >= 11 is 0. The molecule has 2 heterocycles. The molecular formula is C21H25N3O5. The fourth-order valence-corrected chi connectivity index (χ4v) is 4.61. The molecule has 2 aliphatic heterocycles. The van der Waals surface area contributed by atoms with Crippen molar-refractivity contribution >= 4 is 29.4 Å². The SMILES string of the molecule is CC(=O)N[C@H](C(=O)N[C@H]1CCc2cccc3c2N(C1=O)[C@H](C(=O)O)C3)C1CCC1. The number of carboxylic acids is 1. The second-order valence-corrected chi connectivity index (χ2v) is 8.16. The van der Waals surface area contributed by atoms with Crippen LogP contribution in [0.3, 0.4) is 0 Å². The highest BCUT2D eigenvalue weighted by molar-refractivity contribution is 6.07. The lowest BCUT2D eigenvalue weighted by Gasteiger charge is -2.34. The van der Waals surface area contributed by atoms with Crippen molar-refractivity contribution in [3.8, 4) is 0 Å². The predicted octanol–water partition coefficient (Wildman–Crippen LogP) is 0.765. The second-order valence-electron chi connectivity index (χ2n) is 8.16. The number of carbonyl (C=O) groups excluding carboxylic acids is 3. The summed E-state index contributed by atoms with van der Waals surface area (Å²) in [6, 6.07) is 3.19. The molecule has 1 aromatic rings. The first-order valence-corrected chi connectivity index (χ1v) is 10.1. The summed E-state index contributed by atoms with van der Waals surface area (Å²) < 4.78 is 0. The molecule has 29 heavy (non-hydrogen) atoms. The minimum atomic E-state index is -1.06. The smallest absolute Gasteiger partial charge is 0.327 e. The Kier molecular flexibility index (Phi) is 5.02. The molecule has 0 radical (unpaired) electrons. The Hall–Kier alpha value is -2.90. The Bertz CT molecular complexity index is 879. The van der Waals surface area contributed by atoms with Crippen LogP contribution in [0.2, 0.25) is 0 Å². The topological polar surface area (TPSA) is 116 Å². The molecule has 0 spiro atoms. The molecule has 1 saturated carbocycles. The zero-order chi connectivity index (χ0) is 20.7. The molecule has 154 valence electrons. The minimum Gasteiger partial charge on any atom is -0.480 e. The lowest BCUT2D eigenvalue weighted by molar-refractivity contribution is -0.140. The molecule has 4 rings (SSSR count). The zero-order valence-corrected chi connectivity index (χ0v) is 16.3. The number of nitrogens with zero attached hydrogens (tertiary/aromatic N) is 1. The van der Waals surface area contributed by atoms with Crippen molar-refractivity contribution in [3.63, 3.8) is 0 Å². The number of benzene rings is 1. The summed E-state index contributed by atoms with van der Waals surface area (Å²) in [5, 5.41) is 15.2. The number of rotatable bonds is 5. The zero-order valence-electron chi connectivity index (χ0n) is 16.3. The second kappa shape index (κ2) is 7.50. The number of carbonyl (C=O) groups is 4. The van der Waals surface area contributed by atoms with E-state index >= 15 is 0 Å². The number of para-hydroxylation sites is 1. The first-order valence-electron chi connectivity index (χ1n) is 10.1. The van der Waals surface area contributed by atoms with Crippen LogP contribution in [-0.2, 0) is 32.0 Å². The monoisotopic (exact) mass is 399 g/mol. The summed E-state index contributed by atoms with van der Waals surface area (Å²) in [6.07, 6.45) is 3.96. The molecule has 0 saturated heterocycles. The van der Waals surface area contributed by atoms with Crippen LogP contribution in [0.1, 0.15) is 43.7 Å². The van der Waals surface area contributed by atoms with Gasteiger partial charge in [0.1, 0.15) is 18.1 Å². The standard InChI is InChI=1S/C21H25N3O5/c1-11(25)22-17(12-4-2-5-12)19(26)23-15-9-8-13-6-3-7-14-10-16(21(28)29)24(18(13)14)20(15)27/h3,6-7,12,15-17H,2,4-5,8-10H2,1H3,(H,22,25)(H,23,26)(H,28,29)/t15-,16-,17-/m0/s1. The average Bonchev–Trinajstić information content (AvgIpc) is 2.96. The third-order valence-electron chi connectivity index (χ3n) is 6.27. The van der Waals surface area contributed by atoms with E-state index in [0.717, 1.165) is 30.4 Å². The average molecular weight is 399 g/mol. The maximum Gasteiger partial charge on any atom is 0.327 e. The van der Waals surface area contributed by atoms with Crippen molar-refractivity contribution in [1.29, 1.82) is 0 Å². The van der Waals surface area contributed by atoms with Crippen LogP contribution in [0.25, 0.3) is 0 Å². The van der Waals surface area contributed by atoms with Gasteiger partial charge in [0.2, 0.25) is 17.7 Å². The van der Waals surface area contributed by atoms with Crippen LogP contribution in [0.4, 0.5) is 5.69 Å². The Labute approximate surface area is 168 Å². The van der Waals surface area contributed by atoms with E-state index in [4.69, 9.17) is 0 Å². The van der Waals surface area contributed by atoms with Crippen molar-refractivity contribution in [2.75, 3.05) is 4.90 Å². The van der Waals surface area contributed by atoms with E-state index in [1.54, 1.807) is 0 Å². The number of anilines is 1. The van der Waals surface area contributed by atoms with E-state index < -0.39 is 30.0 Å². The summed E-state index contributed by atoms with van der Waals surface area (Å²) in [5.41, 5.74) is 2.45. The van der Waals surface area contributed by atoms with E-state index in [9.17, 15) is 24.3 Å². The lowest BCUT2D eigenvalue weighted by Crippen LogP contribution is -2.58. The van der Waals surface area contributed by atoms with E-state index in [1.807, 2.05) is 18.2 Å². The van der Waals surface area contributed by atoms with Gasteiger partial charge in [-0.2, -0.15) is 0 Å². The van der Waals surface area contributed by atoms with Gasteiger partial charge < -0.3 is 15.7 Å². The van der Waals surface area contributed by atoms with Crippen molar-refractivity contribution in [2.45, 2.75) is 63.6 Å². The highest BCUT2D eigenvalue weighted by atomic mass is 16.4. The van der Waals surface area contributed by atoms with Gasteiger partial charge in [-0.15, -0.1) is 0 Å². The summed E-state index contributed by atoms with van der Waals surface area (Å²) in [7, 11) is 0. The number of nitrogens with one attached hydrogen (secondary N) is 2. The molecule has 8 heteroatoms. The van der Waals surface area contributed by atoms with Gasteiger partial charge in [-0.05, 0) is 42.7 Å². The highest BCUT2D eigenvalue weighted by Gasteiger charge is 2.44. The van der Waals surface area contributed by atoms with Crippen LogP contribution >= 0.6 is 0 Å². The quantitative estimate of drug-likeness (QED) is 0.676. The highest BCUT2D eigenvalue weighted by Crippen LogP contribution is 2.39. The Morgan fingerprint density at radius 3 is 2.52 bits per heavy atom. The van der Waals surface area contributed by atoms with Crippen molar-refractivity contribution in [3.05, 3.63) is 29.3 Å². The molecule has 3 aliphatic rings. The molecule has 8 nitrogen and oxygen atoms in total. The van der Waals surface area contributed by atoms with Crippen LogP contribution in [0.15, 0.2) is 18.2 Å². The number of amides is 3. The maximum atomic E-state index is 13.3. The summed E-state index contributed by atoms with van der Waals surface area (Å²) in [6.45, 7) is 1.37. The number of aryl methyl sites for hydroxylation is 1. The van der Waals surface area contributed by atoms with Gasteiger partial charge in [-0.25, -0.2) is 4.79 Å². The van der Waals surface area contributed by atoms with Gasteiger partial charge in [0.15, 0.2) is 0 Å². The van der Waals surface area contributed by atoms with Crippen LogP contribution in [0.5, 0.6) is 0 Å². The van der Waals surface area contributed by atoms with Gasteiger partial charge in [-0.3, -0.25) is 19.3 Å². The maximum absolute atomic E-state index is 13.3. The largest absolute Gasteiger partial charge is 0.480 e. The van der Waals surface area contributed by atoms with E-state index in [1.165, 1.54) is 11.8 Å². The molecule has 0 unspecified atom stereocenters. The van der Waals surface area contributed by atoms with E-state index in [-0.39, 0.29) is 24.2 Å². The summed E-state index contributed by atoms with van der Waals surface area (Å²) in [4.78, 5) is 50.9. The number of hydrogen-bond donors (Lipinski definition) is 3. The minimum absolute atomic E-state index is 0.0714. The number of hydrogen-bond acceptors (Lipinski definition) is 4. The van der Waals surface area contributed by atoms with Crippen LogP contribution in [0, 0.1) is 5.92 Å². The van der Waals surface area contributed by atoms with Crippen LogP contribution in [-0.4, -0.2) is 46.9 Å². The first-order chi connectivity index (χ1) is 13.9. The predicted molar refractivity (Wildman–Crippen MR) is 104 cm³/mol. The van der Waals surface area contributed by atoms with Gasteiger partial charge in [0.05, 0.1) is 5.69 Å². The molecule has 1 fully saturated rings.